The summed E-state index contributed by atoms with van der Waals surface area (Å²) in [5.41, 5.74) is 0.899. The summed E-state index contributed by atoms with van der Waals surface area (Å²) in [5.74, 6) is -0.248. The van der Waals surface area contributed by atoms with Crippen LogP contribution >= 0.6 is 0 Å². The molecule has 0 fully saturated rings. The van der Waals surface area contributed by atoms with Gasteiger partial charge in [-0.1, -0.05) is 18.2 Å². The fourth-order valence-corrected chi connectivity index (χ4v) is 3.16. The number of carbonyl (C=O) groups is 1. The van der Waals surface area contributed by atoms with Crippen LogP contribution in [0.3, 0.4) is 0 Å². The van der Waals surface area contributed by atoms with Crippen molar-refractivity contribution < 1.29 is 31.5 Å². The third-order valence-corrected chi connectivity index (χ3v) is 4.90. The lowest BCUT2D eigenvalue weighted by Crippen LogP contribution is -2.23. The van der Waals surface area contributed by atoms with E-state index in [4.69, 9.17) is 4.74 Å². The van der Waals surface area contributed by atoms with E-state index in [9.17, 15) is 22.0 Å². The van der Waals surface area contributed by atoms with Crippen molar-refractivity contribution in [1.29, 1.82) is 0 Å². The topological polar surface area (TPSA) is 81.7 Å². The van der Waals surface area contributed by atoms with Crippen molar-refractivity contribution in [2.45, 2.75) is 25.0 Å². The van der Waals surface area contributed by atoms with E-state index in [0.29, 0.717) is 11.1 Å². The fraction of sp³-hybridized carbons (Fsp3) is 0.235. The van der Waals surface area contributed by atoms with Gasteiger partial charge in [-0.25, -0.2) is 13.1 Å². The van der Waals surface area contributed by atoms with Crippen LogP contribution in [0.4, 0.5) is 8.78 Å². The molecule has 0 radical (unpaired) electrons. The Hall–Kier alpha value is -2.52. The second kappa shape index (κ2) is 8.24. The van der Waals surface area contributed by atoms with Crippen LogP contribution in [0, 0.1) is 0 Å². The third-order valence-electron chi connectivity index (χ3n) is 3.48. The van der Waals surface area contributed by atoms with Crippen LogP contribution in [0.1, 0.15) is 22.8 Å². The summed E-state index contributed by atoms with van der Waals surface area (Å²) in [6, 6.07) is 9.64. The number of ether oxygens (including phenoxy) is 2. The summed E-state index contributed by atoms with van der Waals surface area (Å²) >= 11 is 0. The van der Waals surface area contributed by atoms with Crippen molar-refractivity contribution in [2.24, 2.45) is 0 Å². The zero-order valence-electron chi connectivity index (χ0n) is 14.0. The first-order valence-corrected chi connectivity index (χ1v) is 8.93. The minimum absolute atomic E-state index is 0.00659. The van der Waals surface area contributed by atoms with E-state index in [1.165, 1.54) is 56.5 Å². The van der Waals surface area contributed by atoms with Crippen LogP contribution in [0.2, 0.25) is 0 Å². The Bertz CT molecular complexity index is 883. The number of benzene rings is 2. The maximum Gasteiger partial charge on any atom is 0.387 e. The number of hydrogen-bond acceptors (Lipinski definition) is 5. The molecule has 6 nitrogen and oxygen atoms in total. The fourth-order valence-electron chi connectivity index (χ4n) is 2.15. The summed E-state index contributed by atoms with van der Waals surface area (Å²) < 4.78 is 60.9. The van der Waals surface area contributed by atoms with Crippen molar-refractivity contribution in [3.63, 3.8) is 0 Å². The van der Waals surface area contributed by atoms with Gasteiger partial charge in [0.1, 0.15) is 0 Å². The summed E-state index contributed by atoms with van der Waals surface area (Å²) in [6.07, 6.45) is 0. The lowest BCUT2D eigenvalue weighted by Gasteiger charge is -2.12. The predicted molar refractivity (Wildman–Crippen MR) is 90.1 cm³/mol. The smallest absolute Gasteiger partial charge is 0.387 e. The maximum atomic E-state index is 12.3. The van der Waals surface area contributed by atoms with Gasteiger partial charge < -0.3 is 9.47 Å². The second-order valence-electron chi connectivity index (χ2n) is 5.27. The Balaban J connectivity index is 2.12. The molecular formula is C17H17F2NO5S. The highest BCUT2D eigenvalue weighted by Gasteiger charge is 2.16. The van der Waals surface area contributed by atoms with Crippen LogP contribution < -0.4 is 14.2 Å². The number of sulfonamides is 1. The standard InChI is InChI=1S/C17H17F2NO5S/c1-11(21)13-4-6-14(7-5-13)26(22,23)20-10-12-3-8-15(25-17(18)19)16(9-12)24-2/h3-9,17,20H,10H2,1-2H3. The van der Waals surface area contributed by atoms with Crippen molar-refractivity contribution in [3.05, 3.63) is 53.6 Å². The molecule has 2 aromatic rings. The molecule has 0 aliphatic heterocycles. The molecule has 26 heavy (non-hydrogen) atoms. The van der Waals surface area contributed by atoms with Gasteiger partial charge in [-0.3, -0.25) is 4.79 Å². The Morgan fingerprint density at radius 2 is 1.77 bits per heavy atom. The highest BCUT2D eigenvalue weighted by molar-refractivity contribution is 7.89. The molecule has 0 aliphatic carbocycles. The number of halogens is 2. The Kier molecular flexibility index (Phi) is 6.27. The number of ketones is 1. The van der Waals surface area contributed by atoms with E-state index in [1.54, 1.807) is 0 Å². The van der Waals surface area contributed by atoms with Crippen LogP contribution in [0.5, 0.6) is 11.5 Å². The molecule has 0 saturated carbocycles. The SMILES string of the molecule is COc1cc(CNS(=O)(=O)c2ccc(C(C)=O)cc2)ccc1OC(F)F. The van der Waals surface area contributed by atoms with Crippen molar-refractivity contribution in [1.82, 2.24) is 4.72 Å². The lowest BCUT2D eigenvalue weighted by molar-refractivity contribution is -0.0512. The Morgan fingerprint density at radius 3 is 2.31 bits per heavy atom. The van der Waals surface area contributed by atoms with Gasteiger partial charge in [0, 0.05) is 12.1 Å². The molecule has 2 rings (SSSR count). The molecule has 0 aliphatic rings. The highest BCUT2D eigenvalue weighted by Crippen LogP contribution is 2.29. The van der Waals surface area contributed by atoms with Crippen LogP contribution in [0.15, 0.2) is 47.4 Å². The first kappa shape index (κ1) is 19.8. The van der Waals surface area contributed by atoms with Gasteiger partial charge in [-0.05, 0) is 36.8 Å². The molecule has 1 N–H and O–H groups in total. The van der Waals surface area contributed by atoms with Gasteiger partial charge in [0.25, 0.3) is 0 Å². The minimum atomic E-state index is -3.80. The van der Waals surface area contributed by atoms with E-state index >= 15 is 0 Å². The Morgan fingerprint density at radius 1 is 1.12 bits per heavy atom. The average molecular weight is 385 g/mol. The number of alkyl halides is 2. The van der Waals surface area contributed by atoms with Gasteiger partial charge >= 0.3 is 6.61 Å². The quantitative estimate of drug-likeness (QED) is 0.707. The monoisotopic (exact) mass is 385 g/mol. The molecule has 2 aromatic carbocycles. The van der Waals surface area contributed by atoms with E-state index in [0.717, 1.165) is 0 Å². The number of nitrogens with one attached hydrogen (secondary N) is 1. The molecule has 0 spiro atoms. The van der Waals surface area contributed by atoms with Crippen molar-refractivity contribution in [3.8, 4) is 11.5 Å². The van der Waals surface area contributed by atoms with Gasteiger partial charge in [-0.2, -0.15) is 8.78 Å². The number of Topliss-reactive ketones (excluding diaryl/α,β-unsaturated/α-hetero) is 1. The van der Waals surface area contributed by atoms with Gasteiger partial charge in [0.15, 0.2) is 17.3 Å². The summed E-state index contributed by atoms with van der Waals surface area (Å²) in [5, 5.41) is 0. The molecule has 0 heterocycles. The van der Waals surface area contributed by atoms with Crippen molar-refractivity contribution >= 4 is 15.8 Å². The van der Waals surface area contributed by atoms with Crippen LogP contribution in [-0.2, 0) is 16.6 Å². The highest BCUT2D eigenvalue weighted by atomic mass is 32.2. The molecule has 140 valence electrons. The molecule has 0 atom stereocenters. The first-order chi connectivity index (χ1) is 12.2. The number of methoxy groups -OCH3 is 1. The van der Waals surface area contributed by atoms with E-state index in [2.05, 4.69) is 9.46 Å². The predicted octanol–water partition coefficient (Wildman–Crippen LogP) is 2.98. The number of hydrogen-bond donors (Lipinski definition) is 1. The molecular weight excluding hydrogens is 368 g/mol. The number of rotatable bonds is 8. The normalized spacial score (nSPS) is 11.4. The maximum absolute atomic E-state index is 12.3. The first-order valence-electron chi connectivity index (χ1n) is 7.45. The van der Waals surface area contributed by atoms with Gasteiger partial charge in [0.05, 0.1) is 12.0 Å². The molecule has 0 aromatic heterocycles. The zero-order valence-corrected chi connectivity index (χ0v) is 14.8. The molecule has 0 unspecified atom stereocenters. The summed E-state index contributed by atoms with van der Waals surface area (Å²) in [6.45, 7) is -1.69. The van der Waals surface area contributed by atoms with E-state index in [1.807, 2.05) is 0 Å². The molecule has 0 bridgehead atoms. The third kappa shape index (κ3) is 4.99. The second-order valence-corrected chi connectivity index (χ2v) is 7.04. The van der Waals surface area contributed by atoms with Gasteiger partial charge in [-0.15, -0.1) is 0 Å². The van der Waals surface area contributed by atoms with Crippen LogP contribution in [0.25, 0.3) is 0 Å². The minimum Gasteiger partial charge on any atom is -0.493 e. The average Bonchev–Trinajstić information content (AvgIpc) is 2.60. The summed E-state index contributed by atoms with van der Waals surface area (Å²) in [7, 11) is -2.51. The molecule has 0 saturated heterocycles. The molecule has 9 heteroatoms. The summed E-state index contributed by atoms with van der Waals surface area (Å²) in [4.78, 5) is 11.2. The van der Waals surface area contributed by atoms with Crippen LogP contribution in [-0.4, -0.2) is 27.9 Å². The zero-order chi connectivity index (χ0) is 19.3. The lowest BCUT2D eigenvalue weighted by atomic mass is 10.2. The van der Waals surface area contributed by atoms with Gasteiger partial charge in [0.2, 0.25) is 10.0 Å². The van der Waals surface area contributed by atoms with E-state index in [-0.39, 0.29) is 28.7 Å². The van der Waals surface area contributed by atoms with E-state index < -0.39 is 16.6 Å². The van der Waals surface area contributed by atoms with Crippen molar-refractivity contribution in [2.75, 3.05) is 7.11 Å². The number of carbonyl (C=O) groups excluding carboxylic acids is 1. The Labute approximate surface area is 149 Å². The molecule has 0 amide bonds. The largest absolute Gasteiger partial charge is 0.493 e.